The fraction of sp³-hybridized carbons (Fsp3) is 0.625. The maximum absolute atomic E-state index is 6.33. The lowest BCUT2D eigenvalue weighted by molar-refractivity contribution is 0.245. The molecule has 2 fully saturated rings. The fourth-order valence-corrected chi connectivity index (χ4v) is 4.17. The predicted octanol–water partition coefficient (Wildman–Crippen LogP) is 3.46. The lowest BCUT2D eigenvalue weighted by Crippen LogP contribution is -2.38. The molecule has 0 radical (unpaired) electrons. The molecule has 1 saturated heterocycles. The van der Waals surface area contributed by atoms with Crippen molar-refractivity contribution in [3.8, 4) is 0 Å². The van der Waals surface area contributed by atoms with E-state index < -0.39 is 0 Å². The second-order valence-electron chi connectivity index (χ2n) is 6.17. The van der Waals surface area contributed by atoms with Crippen LogP contribution < -0.4 is 5.73 Å². The molecule has 104 valence electrons. The van der Waals surface area contributed by atoms with Crippen LogP contribution in [0, 0.1) is 11.8 Å². The molecule has 1 aromatic carbocycles. The van der Waals surface area contributed by atoms with Gasteiger partial charge in [0.2, 0.25) is 0 Å². The summed E-state index contributed by atoms with van der Waals surface area (Å²) in [4.78, 5) is 2.57. The average molecular weight is 279 g/mol. The zero-order valence-electron chi connectivity index (χ0n) is 11.6. The lowest BCUT2D eigenvalue weighted by atomic mass is 9.78. The number of hydrogen-bond donors (Lipinski definition) is 1. The molecule has 4 atom stereocenters. The Morgan fingerprint density at radius 2 is 2.05 bits per heavy atom. The van der Waals surface area contributed by atoms with Crippen LogP contribution in [0.3, 0.4) is 0 Å². The third kappa shape index (κ3) is 2.54. The number of halogens is 1. The van der Waals surface area contributed by atoms with E-state index in [1.165, 1.54) is 31.4 Å². The Kier molecular flexibility index (Phi) is 3.84. The van der Waals surface area contributed by atoms with Gasteiger partial charge in [-0.3, -0.25) is 4.90 Å². The summed E-state index contributed by atoms with van der Waals surface area (Å²) >= 11 is 6.33. The van der Waals surface area contributed by atoms with Crippen LogP contribution in [0.15, 0.2) is 24.3 Å². The summed E-state index contributed by atoms with van der Waals surface area (Å²) in [5.74, 6) is 1.49. The van der Waals surface area contributed by atoms with E-state index >= 15 is 0 Å². The van der Waals surface area contributed by atoms with Gasteiger partial charge in [-0.05, 0) is 43.2 Å². The number of benzene rings is 1. The summed E-state index contributed by atoms with van der Waals surface area (Å²) in [5, 5.41) is 0.883. The Hall–Kier alpha value is -0.570. The topological polar surface area (TPSA) is 29.3 Å². The van der Waals surface area contributed by atoms with Crippen LogP contribution in [0.1, 0.15) is 37.8 Å². The number of nitrogens with zero attached hydrogens (tertiary/aromatic N) is 1. The first-order valence-electron chi connectivity index (χ1n) is 7.41. The van der Waals surface area contributed by atoms with Crippen molar-refractivity contribution in [3.05, 3.63) is 34.9 Å². The molecule has 2 N–H and O–H groups in total. The van der Waals surface area contributed by atoms with Crippen LogP contribution in [0.5, 0.6) is 0 Å². The second kappa shape index (κ2) is 5.43. The molecule has 1 saturated carbocycles. The van der Waals surface area contributed by atoms with Gasteiger partial charge in [0.1, 0.15) is 0 Å². The minimum atomic E-state index is 0.395. The number of rotatable bonds is 2. The quantitative estimate of drug-likeness (QED) is 0.898. The fourth-order valence-electron chi connectivity index (χ4n) is 3.88. The van der Waals surface area contributed by atoms with Crippen molar-refractivity contribution in [1.29, 1.82) is 0 Å². The zero-order chi connectivity index (χ0) is 13.4. The summed E-state index contributed by atoms with van der Waals surface area (Å²) in [6.45, 7) is 4.59. The number of likely N-dealkylation sites (tertiary alicyclic amines) is 1. The maximum Gasteiger partial charge on any atom is 0.0453 e. The van der Waals surface area contributed by atoms with Gasteiger partial charge in [0, 0.05) is 30.2 Å². The first-order chi connectivity index (χ1) is 9.16. The Bertz CT molecular complexity index is 448. The number of fused-ring (bicyclic) bond motifs is 1. The van der Waals surface area contributed by atoms with E-state index in [1.54, 1.807) is 0 Å². The van der Waals surface area contributed by atoms with E-state index in [2.05, 4.69) is 24.0 Å². The van der Waals surface area contributed by atoms with Crippen LogP contribution >= 0.6 is 11.6 Å². The standard InChI is InChI=1S/C16H23ClN2/c1-11(13-6-2-3-7-15(13)17)19-9-12-5-4-8-16(18)14(12)10-19/h2-3,6-7,11-12,14,16H,4-5,8-10,18H2,1H3. The molecule has 1 aromatic rings. The van der Waals surface area contributed by atoms with E-state index in [9.17, 15) is 0 Å². The molecule has 0 amide bonds. The van der Waals surface area contributed by atoms with Crippen molar-refractivity contribution >= 4 is 11.6 Å². The minimum Gasteiger partial charge on any atom is -0.327 e. The molecule has 19 heavy (non-hydrogen) atoms. The van der Waals surface area contributed by atoms with Gasteiger partial charge in [-0.2, -0.15) is 0 Å². The Labute approximate surface area is 120 Å². The van der Waals surface area contributed by atoms with E-state index in [1.807, 2.05) is 12.1 Å². The third-order valence-corrected chi connectivity index (χ3v) is 5.43. The second-order valence-corrected chi connectivity index (χ2v) is 6.58. The van der Waals surface area contributed by atoms with Crippen LogP contribution in [0.2, 0.25) is 5.02 Å². The third-order valence-electron chi connectivity index (χ3n) is 5.09. The maximum atomic E-state index is 6.33. The van der Waals surface area contributed by atoms with Crippen LogP contribution in [0.25, 0.3) is 0 Å². The molecule has 1 aliphatic heterocycles. The highest BCUT2D eigenvalue weighted by Gasteiger charge is 2.40. The molecule has 4 unspecified atom stereocenters. The normalized spacial score (nSPS) is 33.1. The number of nitrogens with two attached hydrogens (primary N) is 1. The SMILES string of the molecule is CC(c1ccccc1Cl)N1CC2CCCC(N)C2C1. The molecule has 2 nitrogen and oxygen atoms in total. The van der Waals surface area contributed by atoms with Crippen molar-refractivity contribution in [3.63, 3.8) is 0 Å². The van der Waals surface area contributed by atoms with Gasteiger partial charge >= 0.3 is 0 Å². The Morgan fingerprint density at radius 3 is 2.79 bits per heavy atom. The Balaban J connectivity index is 1.75. The van der Waals surface area contributed by atoms with Gasteiger partial charge in [-0.1, -0.05) is 36.2 Å². The predicted molar refractivity (Wildman–Crippen MR) is 80.2 cm³/mol. The van der Waals surface area contributed by atoms with Gasteiger partial charge in [0.25, 0.3) is 0 Å². The summed E-state index contributed by atoms with van der Waals surface area (Å²) in [7, 11) is 0. The molecule has 1 aliphatic carbocycles. The summed E-state index contributed by atoms with van der Waals surface area (Å²) in [6.07, 6.45) is 3.86. The highest BCUT2D eigenvalue weighted by atomic mass is 35.5. The van der Waals surface area contributed by atoms with Crippen LogP contribution in [0.4, 0.5) is 0 Å². The van der Waals surface area contributed by atoms with Gasteiger partial charge in [0.15, 0.2) is 0 Å². The first kappa shape index (κ1) is 13.4. The molecule has 3 rings (SSSR count). The highest BCUT2D eigenvalue weighted by Crippen LogP contribution is 2.39. The smallest absolute Gasteiger partial charge is 0.0453 e. The van der Waals surface area contributed by atoms with Gasteiger partial charge < -0.3 is 5.73 Å². The molecule has 0 bridgehead atoms. The van der Waals surface area contributed by atoms with Crippen molar-refractivity contribution < 1.29 is 0 Å². The van der Waals surface area contributed by atoms with E-state index in [4.69, 9.17) is 17.3 Å². The monoisotopic (exact) mass is 278 g/mol. The molecule has 1 heterocycles. The molecular formula is C16H23ClN2. The largest absolute Gasteiger partial charge is 0.327 e. The summed E-state index contributed by atoms with van der Waals surface area (Å²) < 4.78 is 0. The van der Waals surface area contributed by atoms with Crippen molar-refractivity contribution in [2.45, 2.75) is 38.3 Å². The van der Waals surface area contributed by atoms with Crippen molar-refractivity contribution in [1.82, 2.24) is 4.90 Å². The summed E-state index contributed by atoms with van der Waals surface area (Å²) in [5.41, 5.74) is 7.54. The molecular weight excluding hydrogens is 256 g/mol. The molecule has 2 aliphatic rings. The van der Waals surface area contributed by atoms with Crippen molar-refractivity contribution in [2.24, 2.45) is 17.6 Å². The van der Waals surface area contributed by atoms with Crippen LogP contribution in [-0.2, 0) is 0 Å². The first-order valence-corrected chi connectivity index (χ1v) is 7.78. The lowest BCUT2D eigenvalue weighted by Gasteiger charge is -2.30. The molecule has 0 aromatic heterocycles. The number of hydrogen-bond acceptors (Lipinski definition) is 2. The van der Waals surface area contributed by atoms with Gasteiger partial charge in [0.05, 0.1) is 0 Å². The Morgan fingerprint density at radius 1 is 1.26 bits per heavy atom. The summed E-state index contributed by atoms with van der Waals surface area (Å²) in [6, 6.07) is 9.01. The van der Waals surface area contributed by atoms with E-state index in [0.29, 0.717) is 18.0 Å². The zero-order valence-corrected chi connectivity index (χ0v) is 12.3. The molecule has 0 spiro atoms. The minimum absolute atomic E-state index is 0.395. The highest BCUT2D eigenvalue weighted by molar-refractivity contribution is 6.31. The van der Waals surface area contributed by atoms with E-state index in [0.717, 1.165) is 17.5 Å². The van der Waals surface area contributed by atoms with Crippen LogP contribution in [-0.4, -0.2) is 24.0 Å². The molecule has 3 heteroatoms. The van der Waals surface area contributed by atoms with Crippen molar-refractivity contribution in [2.75, 3.05) is 13.1 Å². The van der Waals surface area contributed by atoms with Gasteiger partial charge in [-0.25, -0.2) is 0 Å². The van der Waals surface area contributed by atoms with Gasteiger partial charge in [-0.15, -0.1) is 0 Å². The average Bonchev–Trinajstić information content (AvgIpc) is 2.84. The van der Waals surface area contributed by atoms with E-state index in [-0.39, 0.29) is 0 Å².